The minimum atomic E-state index is 0.288. The molecule has 0 bridgehead atoms. The van der Waals surface area contributed by atoms with Crippen LogP contribution < -0.4 is 5.32 Å². The van der Waals surface area contributed by atoms with Gasteiger partial charge in [-0.3, -0.25) is 0 Å². The molecule has 1 aliphatic rings. The second kappa shape index (κ2) is 5.17. The Morgan fingerprint density at radius 1 is 1.24 bits per heavy atom. The maximum absolute atomic E-state index is 6.31. The van der Waals surface area contributed by atoms with E-state index in [0.29, 0.717) is 5.41 Å². The molecule has 1 aliphatic carbocycles. The summed E-state index contributed by atoms with van der Waals surface area (Å²) in [6, 6.07) is 6.02. The van der Waals surface area contributed by atoms with E-state index in [1.807, 2.05) is 25.2 Å². The summed E-state index contributed by atoms with van der Waals surface area (Å²) in [4.78, 5) is 0. The molecular weight excluding hydrogens is 253 g/mol. The first kappa shape index (κ1) is 13.2. The third-order valence-electron chi connectivity index (χ3n) is 4.00. The normalized spacial score (nSPS) is 20.5. The fraction of sp³-hybridized carbons (Fsp3) is 0.571. The highest BCUT2D eigenvalue weighted by Crippen LogP contribution is 2.48. The third-order valence-corrected chi connectivity index (χ3v) is 4.58. The van der Waals surface area contributed by atoms with Gasteiger partial charge in [0, 0.05) is 16.1 Å². The zero-order valence-electron chi connectivity index (χ0n) is 10.4. The first-order valence-electron chi connectivity index (χ1n) is 6.19. The molecule has 0 spiro atoms. The van der Waals surface area contributed by atoms with Crippen LogP contribution in [0.2, 0.25) is 10.0 Å². The fourth-order valence-corrected chi connectivity index (χ4v) is 3.49. The predicted molar refractivity (Wildman–Crippen MR) is 74.8 cm³/mol. The van der Waals surface area contributed by atoms with Gasteiger partial charge < -0.3 is 5.32 Å². The van der Waals surface area contributed by atoms with Crippen molar-refractivity contribution in [3.05, 3.63) is 33.8 Å². The van der Waals surface area contributed by atoms with Crippen molar-refractivity contribution in [2.75, 3.05) is 7.05 Å². The highest BCUT2D eigenvalue weighted by atomic mass is 35.5. The van der Waals surface area contributed by atoms with Crippen LogP contribution in [-0.2, 0) is 0 Å². The molecule has 3 heteroatoms. The maximum Gasteiger partial charge on any atom is 0.0455 e. The van der Waals surface area contributed by atoms with Crippen LogP contribution in [0.15, 0.2) is 18.2 Å². The summed E-state index contributed by atoms with van der Waals surface area (Å²) >= 11 is 12.4. The van der Waals surface area contributed by atoms with E-state index in [-0.39, 0.29) is 6.04 Å². The van der Waals surface area contributed by atoms with E-state index in [1.54, 1.807) is 0 Å². The van der Waals surface area contributed by atoms with E-state index in [1.165, 1.54) is 25.7 Å². The van der Waals surface area contributed by atoms with Crippen molar-refractivity contribution in [1.29, 1.82) is 0 Å². The van der Waals surface area contributed by atoms with Crippen LogP contribution in [0, 0.1) is 5.41 Å². The van der Waals surface area contributed by atoms with Crippen LogP contribution in [0.3, 0.4) is 0 Å². The predicted octanol–water partition coefficient (Wildman–Crippen LogP) is 4.83. The molecule has 0 heterocycles. The lowest BCUT2D eigenvalue weighted by Crippen LogP contribution is -2.32. The Kier molecular flexibility index (Phi) is 4.02. The molecule has 0 radical (unpaired) electrons. The molecule has 1 aromatic carbocycles. The van der Waals surface area contributed by atoms with E-state index in [2.05, 4.69) is 12.2 Å². The smallest absolute Gasteiger partial charge is 0.0455 e. The SMILES string of the molecule is CNC(c1cc(Cl)ccc1Cl)C1(C)CCCC1. The lowest BCUT2D eigenvalue weighted by molar-refractivity contribution is 0.234. The van der Waals surface area contributed by atoms with Crippen molar-refractivity contribution >= 4 is 23.2 Å². The van der Waals surface area contributed by atoms with Crippen LogP contribution in [0.1, 0.15) is 44.2 Å². The van der Waals surface area contributed by atoms with E-state index in [0.717, 1.165) is 15.6 Å². The Hall–Kier alpha value is -0.240. The summed E-state index contributed by atoms with van der Waals surface area (Å²) in [6.07, 6.45) is 5.13. The zero-order valence-corrected chi connectivity index (χ0v) is 11.9. The molecule has 0 aromatic heterocycles. The van der Waals surface area contributed by atoms with Gasteiger partial charge in [-0.25, -0.2) is 0 Å². The van der Waals surface area contributed by atoms with Crippen LogP contribution in [0.25, 0.3) is 0 Å². The number of hydrogen-bond acceptors (Lipinski definition) is 1. The molecule has 0 aliphatic heterocycles. The molecule has 1 atom stereocenters. The number of hydrogen-bond donors (Lipinski definition) is 1. The molecule has 2 rings (SSSR count). The molecule has 0 amide bonds. The third kappa shape index (κ3) is 2.62. The summed E-state index contributed by atoms with van der Waals surface area (Å²) in [6.45, 7) is 2.35. The van der Waals surface area contributed by atoms with Crippen LogP contribution in [0.4, 0.5) is 0 Å². The summed E-state index contributed by atoms with van der Waals surface area (Å²) in [5, 5.41) is 4.99. The first-order valence-corrected chi connectivity index (χ1v) is 6.95. The first-order chi connectivity index (χ1) is 8.07. The zero-order chi connectivity index (χ0) is 12.5. The number of rotatable bonds is 3. The van der Waals surface area contributed by atoms with Crippen molar-refractivity contribution in [2.24, 2.45) is 5.41 Å². The van der Waals surface area contributed by atoms with E-state index in [9.17, 15) is 0 Å². The minimum Gasteiger partial charge on any atom is -0.312 e. The van der Waals surface area contributed by atoms with E-state index < -0.39 is 0 Å². The number of benzene rings is 1. The molecule has 0 saturated heterocycles. The van der Waals surface area contributed by atoms with Gasteiger partial charge in [-0.1, -0.05) is 43.0 Å². The fourth-order valence-electron chi connectivity index (χ4n) is 3.09. The molecular formula is C14H19Cl2N. The Labute approximate surface area is 114 Å². The molecule has 1 N–H and O–H groups in total. The Bertz CT molecular complexity index is 397. The Morgan fingerprint density at radius 2 is 1.88 bits per heavy atom. The van der Waals surface area contributed by atoms with Gasteiger partial charge >= 0.3 is 0 Å². The monoisotopic (exact) mass is 271 g/mol. The standard InChI is InChI=1S/C14H19Cl2N/c1-14(7-3-4-8-14)13(17-2)11-9-10(15)5-6-12(11)16/h5-6,9,13,17H,3-4,7-8H2,1-2H3. The minimum absolute atomic E-state index is 0.288. The Morgan fingerprint density at radius 3 is 2.47 bits per heavy atom. The highest BCUT2D eigenvalue weighted by molar-refractivity contribution is 6.33. The molecule has 1 unspecified atom stereocenters. The molecule has 1 saturated carbocycles. The lowest BCUT2D eigenvalue weighted by atomic mass is 9.77. The highest BCUT2D eigenvalue weighted by Gasteiger charge is 2.37. The average Bonchev–Trinajstić information content (AvgIpc) is 2.72. The van der Waals surface area contributed by atoms with Gasteiger partial charge in [0.05, 0.1) is 0 Å². The maximum atomic E-state index is 6.31. The van der Waals surface area contributed by atoms with E-state index in [4.69, 9.17) is 23.2 Å². The summed E-state index contributed by atoms with van der Waals surface area (Å²) in [7, 11) is 2.01. The van der Waals surface area contributed by atoms with Crippen molar-refractivity contribution in [2.45, 2.75) is 38.6 Å². The second-order valence-corrected chi connectivity index (χ2v) is 6.09. The molecule has 1 aromatic rings. The summed E-state index contributed by atoms with van der Waals surface area (Å²) in [5.74, 6) is 0. The number of nitrogens with one attached hydrogen (secondary N) is 1. The van der Waals surface area contributed by atoms with Crippen molar-refractivity contribution in [3.63, 3.8) is 0 Å². The number of halogens is 2. The van der Waals surface area contributed by atoms with Crippen molar-refractivity contribution < 1.29 is 0 Å². The lowest BCUT2D eigenvalue weighted by Gasteiger charge is -2.35. The quantitative estimate of drug-likeness (QED) is 0.830. The Balaban J connectivity index is 2.37. The average molecular weight is 272 g/mol. The van der Waals surface area contributed by atoms with Crippen molar-refractivity contribution in [3.8, 4) is 0 Å². The molecule has 1 fully saturated rings. The molecule has 94 valence electrons. The van der Waals surface area contributed by atoms with Crippen LogP contribution >= 0.6 is 23.2 Å². The van der Waals surface area contributed by atoms with Gasteiger partial charge in [-0.15, -0.1) is 0 Å². The van der Waals surface area contributed by atoms with Crippen LogP contribution in [0.5, 0.6) is 0 Å². The summed E-state index contributed by atoms with van der Waals surface area (Å²) < 4.78 is 0. The second-order valence-electron chi connectivity index (χ2n) is 5.25. The van der Waals surface area contributed by atoms with Gasteiger partial charge in [-0.2, -0.15) is 0 Å². The van der Waals surface area contributed by atoms with Gasteiger partial charge in [0.2, 0.25) is 0 Å². The van der Waals surface area contributed by atoms with Crippen LogP contribution in [-0.4, -0.2) is 7.05 Å². The van der Waals surface area contributed by atoms with Gasteiger partial charge in [0.25, 0.3) is 0 Å². The summed E-state index contributed by atoms with van der Waals surface area (Å²) in [5.41, 5.74) is 1.43. The van der Waals surface area contributed by atoms with Gasteiger partial charge in [0.15, 0.2) is 0 Å². The topological polar surface area (TPSA) is 12.0 Å². The van der Waals surface area contributed by atoms with Gasteiger partial charge in [-0.05, 0) is 49.1 Å². The molecule has 1 nitrogen and oxygen atoms in total. The van der Waals surface area contributed by atoms with E-state index >= 15 is 0 Å². The largest absolute Gasteiger partial charge is 0.312 e. The van der Waals surface area contributed by atoms with Gasteiger partial charge in [0.1, 0.15) is 0 Å². The van der Waals surface area contributed by atoms with Crippen molar-refractivity contribution in [1.82, 2.24) is 5.32 Å². The molecule has 17 heavy (non-hydrogen) atoms.